The summed E-state index contributed by atoms with van der Waals surface area (Å²) in [6, 6.07) is 7.25. The number of carbonyl (C=O) groups is 1. The van der Waals surface area contributed by atoms with Crippen molar-refractivity contribution in [1.29, 1.82) is 0 Å². The molecule has 1 aliphatic rings. The molecule has 0 fully saturated rings. The molecule has 2 N–H and O–H groups in total. The second kappa shape index (κ2) is 5.93. The number of rotatable bonds is 4. The van der Waals surface area contributed by atoms with Gasteiger partial charge in [0.2, 0.25) is 6.10 Å². The summed E-state index contributed by atoms with van der Waals surface area (Å²) in [5, 5.41) is 12.1. The van der Waals surface area contributed by atoms with Crippen molar-refractivity contribution in [3.8, 4) is 11.5 Å². The largest absolute Gasteiger partial charge is 0.482 e. The topological polar surface area (TPSA) is 67.8 Å². The lowest BCUT2D eigenvalue weighted by Gasteiger charge is -2.31. The molecule has 0 saturated carbocycles. The summed E-state index contributed by atoms with van der Waals surface area (Å²) in [6.07, 6.45) is -0.996. The predicted octanol–water partition coefficient (Wildman–Crippen LogP) is 1.10. The quantitative estimate of drug-likeness (QED) is 0.855. The Morgan fingerprint density at radius 1 is 1.37 bits per heavy atom. The average molecular weight is 265 g/mol. The molecule has 1 aliphatic heterocycles. The predicted molar refractivity (Wildman–Crippen MR) is 70.3 cm³/mol. The zero-order chi connectivity index (χ0) is 13.8. The van der Waals surface area contributed by atoms with Crippen molar-refractivity contribution in [2.24, 2.45) is 0 Å². The highest BCUT2D eigenvalue weighted by molar-refractivity contribution is 5.82. The van der Waals surface area contributed by atoms with Crippen LogP contribution >= 0.6 is 0 Å². The summed E-state index contributed by atoms with van der Waals surface area (Å²) in [5.74, 6) is 0.943. The molecule has 2 rings (SSSR count). The summed E-state index contributed by atoms with van der Waals surface area (Å²) in [6.45, 7) is 3.87. The first-order valence-electron chi connectivity index (χ1n) is 6.50. The number of aliphatic hydroxyl groups excluding tert-OH is 1. The summed E-state index contributed by atoms with van der Waals surface area (Å²) in [7, 11) is 0. The molecule has 0 spiro atoms. The van der Waals surface area contributed by atoms with Gasteiger partial charge < -0.3 is 19.9 Å². The Hall–Kier alpha value is -1.75. The molecule has 19 heavy (non-hydrogen) atoms. The van der Waals surface area contributed by atoms with Gasteiger partial charge in [0.25, 0.3) is 5.91 Å². The number of fused-ring (bicyclic) bond motifs is 1. The van der Waals surface area contributed by atoms with Gasteiger partial charge in [-0.25, -0.2) is 0 Å². The lowest BCUT2D eigenvalue weighted by atomic mass is 10.1. The van der Waals surface area contributed by atoms with Gasteiger partial charge in [-0.3, -0.25) is 4.79 Å². The molecule has 0 saturated heterocycles. The number of benzene rings is 1. The number of aliphatic hydroxyl groups is 1. The van der Waals surface area contributed by atoms with Gasteiger partial charge in [0, 0.05) is 6.54 Å². The van der Waals surface area contributed by atoms with Crippen LogP contribution in [-0.2, 0) is 4.79 Å². The minimum Gasteiger partial charge on any atom is -0.482 e. The van der Waals surface area contributed by atoms with Crippen molar-refractivity contribution in [2.75, 3.05) is 6.54 Å². The van der Waals surface area contributed by atoms with Crippen LogP contribution in [0.5, 0.6) is 11.5 Å². The van der Waals surface area contributed by atoms with E-state index in [0.29, 0.717) is 17.9 Å². The van der Waals surface area contributed by atoms with Crippen LogP contribution < -0.4 is 14.8 Å². The summed E-state index contributed by atoms with van der Waals surface area (Å²) in [5.41, 5.74) is 0. The SMILES string of the molecule is CCC(O)CNC(=O)C1Oc2ccccc2OC1C. The molecular weight excluding hydrogens is 246 g/mol. The highest BCUT2D eigenvalue weighted by Crippen LogP contribution is 2.33. The van der Waals surface area contributed by atoms with Crippen molar-refractivity contribution in [2.45, 2.75) is 38.6 Å². The minimum atomic E-state index is -0.695. The third-order valence-electron chi connectivity index (χ3n) is 3.08. The van der Waals surface area contributed by atoms with Gasteiger partial charge >= 0.3 is 0 Å². The molecule has 0 aromatic heterocycles. The molecule has 3 unspecified atom stereocenters. The average Bonchev–Trinajstić information content (AvgIpc) is 2.43. The van der Waals surface area contributed by atoms with E-state index in [2.05, 4.69) is 5.32 Å². The lowest BCUT2D eigenvalue weighted by Crippen LogP contribution is -2.50. The van der Waals surface area contributed by atoms with Crippen molar-refractivity contribution in [3.63, 3.8) is 0 Å². The van der Waals surface area contributed by atoms with Gasteiger partial charge in [-0.1, -0.05) is 19.1 Å². The van der Waals surface area contributed by atoms with Gasteiger partial charge in [-0.05, 0) is 25.5 Å². The molecule has 0 bridgehead atoms. The number of hydrogen-bond acceptors (Lipinski definition) is 4. The van der Waals surface area contributed by atoms with E-state index >= 15 is 0 Å². The van der Waals surface area contributed by atoms with Gasteiger partial charge in [-0.2, -0.15) is 0 Å². The molecule has 3 atom stereocenters. The van der Waals surface area contributed by atoms with E-state index < -0.39 is 12.2 Å². The van der Waals surface area contributed by atoms with Crippen LogP contribution in [0.15, 0.2) is 24.3 Å². The third-order valence-corrected chi connectivity index (χ3v) is 3.08. The molecule has 5 nitrogen and oxygen atoms in total. The van der Waals surface area contributed by atoms with Crippen molar-refractivity contribution >= 4 is 5.91 Å². The summed E-state index contributed by atoms with van der Waals surface area (Å²) >= 11 is 0. The van der Waals surface area contributed by atoms with Crippen LogP contribution in [-0.4, -0.2) is 35.9 Å². The van der Waals surface area contributed by atoms with E-state index in [1.165, 1.54) is 0 Å². The number of para-hydroxylation sites is 2. The monoisotopic (exact) mass is 265 g/mol. The number of amides is 1. The molecular formula is C14H19NO4. The van der Waals surface area contributed by atoms with Crippen LogP contribution in [0.25, 0.3) is 0 Å². The van der Waals surface area contributed by atoms with E-state index in [9.17, 15) is 9.90 Å². The molecule has 1 aromatic carbocycles. The van der Waals surface area contributed by atoms with Crippen molar-refractivity contribution < 1.29 is 19.4 Å². The van der Waals surface area contributed by atoms with E-state index in [4.69, 9.17) is 9.47 Å². The number of nitrogens with one attached hydrogen (secondary N) is 1. The van der Waals surface area contributed by atoms with Crippen molar-refractivity contribution in [1.82, 2.24) is 5.32 Å². The van der Waals surface area contributed by atoms with Crippen LogP contribution in [0.4, 0.5) is 0 Å². The zero-order valence-corrected chi connectivity index (χ0v) is 11.1. The molecule has 104 valence electrons. The van der Waals surface area contributed by atoms with E-state index in [1.54, 1.807) is 19.1 Å². The first-order chi connectivity index (χ1) is 9.11. The van der Waals surface area contributed by atoms with E-state index in [0.717, 1.165) is 0 Å². The summed E-state index contributed by atoms with van der Waals surface area (Å²) in [4.78, 5) is 12.0. The smallest absolute Gasteiger partial charge is 0.265 e. The third kappa shape index (κ3) is 3.17. The number of hydrogen-bond donors (Lipinski definition) is 2. The fraction of sp³-hybridized carbons (Fsp3) is 0.500. The van der Waals surface area contributed by atoms with E-state index in [1.807, 2.05) is 19.1 Å². The minimum absolute atomic E-state index is 0.226. The second-order valence-electron chi connectivity index (χ2n) is 4.62. The Morgan fingerprint density at radius 3 is 2.63 bits per heavy atom. The first kappa shape index (κ1) is 13.7. The Kier molecular flexibility index (Phi) is 4.27. The normalized spacial score (nSPS) is 22.7. The van der Waals surface area contributed by atoms with E-state index in [-0.39, 0.29) is 18.6 Å². The fourth-order valence-corrected chi connectivity index (χ4v) is 1.87. The van der Waals surface area contributed by atoms with Gasteiger partial charge in [-0.15, -0.1) is 0 Å². The Labute approximate surface area is 112 Å². The molecule has 1 aromatic rings. The van der Waals surface area contributed by atoms with Crippen LogP contribution in [0, 0.1) is 0 Å². The second-order valence-corrected chi connectivity index (χ2v) is 4.62. The number of carbonyl (C=O) groups excluding carboxylic acids is 1. The highest BCUT2D eigenvalue weighted by atomic mass is 16.6. The van der Waals surface area contributed by atoms with Crippen molar-refractivity contribution in [3.05, 3.63) is 24.3 Å². The van der Waals surface area contributed by atoms with Gasteiger partial charge in [0.05, 0.1) is 6.10 Å². The van der Waals surface area contributed by atoms with Crippen LogP contribution in [0.3, 0.4) is 0 Å². The molecule has 0 aliphatic carbocycles. The first-order valence-corrected chi connectivity index (χ1v) is 6.50. The maximum Gasteiger partial charge on any atom is 0.265 e. The standard InChI is InChI=1S/C14H19NO4/c1-3-10(16)8-15-14(17)13-9(2)18-11-6-4-5-7-12(11)19-13/h4-7,9-10,13,16H,3,8H2,1-2H3,(H,15,17). The maximum absolute atomic E-state index is 12.0. The Bertz CT molecular complexity index is 449. The zero-order valence-electron chi connectivity index (χ0n) is 11.1. The van der Waals surface area contributed by atoms with Crippen LogP contribution in [0.1, 0.15) is 20.3 Å². The summed E-state index contributed by atoms with van der Waals surface area (Å²) < 4.78 is 11.3. The molecule has 5 heteroatoms. The van der Waals surface area contributed by atoms with Crippen LogP contribution in [0.2, 0.25) is 0 Å². The Morgan fingerprint density at radius 2 is 2.00 bits per heavy atom. The number of ether oxygens (including phenoxy) is 2. The maximum atomic E-state index is 12.0. The highest BCUT2D eigenvalue weighted by Gasteiger charge is 2.33. The molecule has 1 amide bonds. The molecule has 1 heterocycles. The Balaban J connectivity index is 2.00. The van der Waals surface area contributed by atoms with Gasteiger partial charge in [0.1, 0.15) is 6.10 Å². The lowest BCUT2D eigenvalue weighted by molar-refractivity contribution is -0.133. The van der Waals surface area contributed by atoms with Gasteiger partial charge in [0.15, 0.2) is 11.5 Å². The molecule has 0 radical (unpaired) electrons. The fourth-order valence-electron chi connectivity index (χ4n) is 1.87.